The van der Waals surface area contributed by atoms with E-state index in [4.69, 9.17) is 0 Å². The van der Waals surface area contributed by atoms with E-state index in [9.17, 15) is 0 Å². The minimum Gasteiger partial charge on any atom is -0.253 e. The van der Waals surface area contributed by atoms with Gasteiger partial charge in [0.1, 0.15) is 0 Å². The monoisotopic (exact) mass is 143 g/mol. The fraction of sp³-hybridized carbons (Fsp3) is 0.111. The number of benzene rings is 1. The van der Waals surface area contributed by atoms with E-state index in [0.29, 0.717) is 0 Å². The highest BCUT2D eigenvalue weighted by atomic mass is 14.8. The Morgan fingerprint density at radius 3 is 3.18 bits per heavy atom. The molecule has 2 rings (SSSR count). The first-order valence-electron chi connectivity index (χ1n) is 3.46. The Labute approximate surface area is 64.9 Å². The van der Waals surface area contributed by atoms with Crippen molar-refractivity contribution in [3.05, 3.63) is 36.2 Å². The first kappa shape index (κ1) is 6.28. The van der Waals surface area contributed by atoms with Gasteiger partial charge in [-0.25, -0.2) is 4.98 Å². The third-order valence-electron chi connectivity index (χ3n) is 1.51. The Bertz CT molecular complexity index is 382. The molecule has 1 heterocycles. The summed E-state index contributed by atoms with van der Waals surface area (Å²) in [6.07, 6.45) is 1.77. The second-order valence-corrected chi connectivity index (χ2v) is 2.43. The molecule has 0 aliphatic heterocycles. The lowest BCUT2D eigenvalue weighted by molar-refractivity contribution is 1.18. The first-order chi connectivity index (χ1) is 5.36. The molecule has 0 atom stereocenters. The number of hydrogen-bond donors (Lipinski definition) is 0. The molecule has 53 valence electrons. The third kappa shape index (κ3) is 1.07. The minimum atomic E-state index is 0.910. The SMILES string of the molecule is Cc1cnc2cc[c]cc2n1. The van der Waals surface area contributed by atoms with E-state index in [1.807, 2.05) is 25.1 Å². The van der Waals surface area contributed by atoms with Crippen LogP contribution in [-0.2, 0) is 0 Å². The summed E-state index contributed by atoms with van der Waals surface area (Å²) in [6.45, 7) is 1.93. The van der Waals surface area contributed by atoms with Crippen LogP contribution in [0.25, 0.3) is 11.0 Å². The summed E-state index contributed by atoms with van der Waals surface area (Å²) in [6, 6.07) is 8.55. The Morgan fingerprint density at radius 2 is 2.27 bits per heavy atom. The molecule has 0 N–H and O–H groups in total. The molecule has 2 heteroatoms. The van der Waals surface area contributed by atoms with Gasteiger partial charge in [0.15, 0.2) is 0 Å². The van der Waals surface area contributed by atoms with Crippen molar-refractivity contribution in [2.24, 2.45) is 0 Å². The number of aromatic nitrogens is 2. The predicted octanol–water partition coefficient (Wildman–Crippen LogP) is 1.74. The maximum absolute atomic E-state index is 4.28. The summed E-state index contributed by atoms with van der Waals surface area (Å²) in [5, 5.41) is 0. The molecule has 11 heavy (non-hydrogen) atoms. The summed E-state index contributed by atoms with van der Waals surface area (Å²) in [4.78, 5) is 8.48. The van der Waals surface area contributed by atoms with Crippen molar-refractivity contribution in [2.75, 3.05) is 0 Å². The second-order valence-electron chi connectivity index (χ2n) is 2.43. The van der Waals surface area contributed by atoms with Crippen molar-refractivity contribution < 1.29 is 0 Å². The summed E-state index contributed by atoms with van der Waals surface area (Å²) in [7, 11) is 0. The quantitative estimate of drug-likeness (QED) is 0.561. The van der Waals surface area contributed by atoms with Crippen molar-refractivity contribution in [3.8, 4) is 0 Å². The van der Waals surface area contributed by atoms with E-state index in [-0.39, 0.29) is 0 Å². The van der Waals surface area contributed by atoms with E-state index >= 15 is 0 Å². The normalized spacial score (nSPS) is 10.3. The van der Waals surface area contributed by atoms with Gasteiger partial charge in [0.25, 0.3) is 0 Å². The maximum atomic E-state index is 4.28. The van der Waals surface area contributed by atoms with Gasteiger partial charge in [-0.2, -0.15) is 0 Å². The summed E-state index contributed by atoms with van der Waals surface area (Å²) in [5.74, 6) is 0. The molecule has 2 aromatic rings. The van der Waals surface area contributed by atoms with Crippen LogP contribution in [0.15, 0.2) is 24.4 Å². The predicted molar refractivity (Wildman–Crippen MR) is 43.1 cm³/mol. The highest BCUT2D eigenvalue weighted by Crippen LogP contribution is 2.06. The van der Waals surface area contributed by atoms with Gasteiger partial charge in [0.05, 0.1) is 16.7 Å². The van der Waals surface area contributed by atoms with Gasteiger partial charge >= 0.3 is 0 Å². The van der Waals surface area contributed by atoms with Crippen LogP contribution in [0.5, 0.6) is 0 Å². The van der Waals surface area contributed by atoms with Crippen LogP contribution in [0.1, 0.15) is 5.69 Å². The third-order valence-corrected chi connectivity index (χ3v) is 1.51. The zero-order chi connectivity index (χ0) is 7.68. The standard InChI is InChI=1S/C9H7N2/c1-7-6-10-8-4-2-3-5-9(8)11-7/h2,4-6H,1H3. The highest BCUT2D eigenvalue weighted by molar-refractivity contribution is 5.73. The first-order valence-corrected chi connectivity index (χ1v) is 3.46. The molecule has 0 saturated carbocycles. The van der Waals surface area contributed by atoms with E-state index in [1.165, 1.54) is 0 Å². The summed E-state index contributed by atoms with van der Waals surface area (Å²) >= 11 is 0. The molecule has 0 fully saturated rings. The van der Waals surface area contributed by atoms with Gasteiger partial charge in [0, 0.05) is 6.20 Å². The van der Waals surface area contributed by atoms with E-state index < -0.39 is 0 Å². The van der Waals surface area contributed by atoms with E-state index in [0.717, 1.165) is 16.7 Å². The van der Waals surface area contributed by atoms with Gasteiger partial charge in [-0.15, -0.1) is 0 Å². The van der Waals surface area contributed by atoms with Gasteiger partial charge in [-0.05, 0) is 25.1 Å². The van der Waals surface area contributed by atoms with Crippen molar-refractivity contribution in [1.29, 1.82) is 0 Å². The van der Waals surface area contributed by atoms with Gasteiger partial charge in [0.2, 0.25) is 0 Å². The molecule has 0 amide bonds. The lowest BCUT2D eigenvalue weighted by Crippen LogP contribution is -1.85. The molecular weight excluding hydrogens is 136 g/mol. The number of nitrogens with zero attached hydrogens (tertiary/aromatic N) is 2. The molecule has 0 aliphatic carbocycles. The molecule has 1 radical (unpaired) electrons. The van der Waals surface area contributed by atoms with Crippen LogP contribution in [0.4, 0.5) is 0 Å². The number of fused-ring (bicyclic) bond motifs is 1. The largest absolute Gasteiger partial charge is 0.253 e. The number of rotatable bonds is 0. The average molecular weight is 143 g/mol. The van der Waals surface area contributed by atoms with Crippen molar-refractivity contribution in [1.82, 2.24) is 9.97 Å². The average Bonchev–Trinajstić information content (AvgIpc) is 2.04. The lowest BCUT2D eigenvalue weighted by atomic mass is 10.3. The molecular formula is C9H7N2. The second kappa shape index (κ2) is 2.31. The van der Waals surface area contributed by atoms with Crippen LogP contribution >= 0.6 is 0 Å². The molecule has 0 unspecified atom stereocenters. The molecule has 1 aromatic heterocycles. The Morgan fingerprint density at radius 1 is 1.36 bits per heavy atom. The summed E-state index contributed by atoms with van der Waals surface area (Å²) in [5.41, 5.74) is 2.78. The maximum Gasteiger partial charge on any atom is 0.0896 e. The van der Waals surface area contributed by atoms with Crippen molar-refractivity contribution in [2.45, 2.75) is 6.92 Å². The van der Waals surface area contributed by atoms with Gasteiger partial charge < -0.3 is 0 Å². The Balaban J connectivity index is 2.83. The highest BCUT2D eigenvalue weighted by Gasteiger charge is 1.92. The molecule has 0 saturated heterocycles. The summed E-state index contributed by atoms with van der Waals surface area (Å²) < 4.78 is 0. The number of aryl methyl sites for hydroxylation is 1. The molecule has 0 aliphatic rings. The van der Waals surface area contributed by atoms with Crippen molar-refractivity contribution in [3.63, 3.8) is 0 Å². The number of hydrogen-bond acceptors (Lipinski definition) is 2. The lowest BCUT2D eigenvalue weighted by Gasteiger charge is -1.94. The van der Waals surface area contributed by atoms with E-state index in [1.54, 1.807) is 6.20 Å². The van der Waals surface area contributed by atoms with Crippen LogP contribution in [-0.4, -0.2) is 9.97 Å². The smallest absolute Gasteiger partial charge is 0.0896 e. The fourth-order valence-electron chi connectivity index (χ4n) is 0.994. The molecule has 0 spiro atoms. The van der Waals surface area contributed by atoms with Crippen molar-refractivity contribution >= 4 is 11.0 Å². The minimum absolute atomic E-state index is 0.910. The zero-order valence-electron chi connectivity index (χ0n) is 6.20. The fourth-order valence-corrected chi connectivity index (χ4v) is 0.994. The van der Waals surface area contributed by atoms with Gasteiger partial charge in [-0.1, -0.05) is 6.07 Å². The Kier molecular flexibility index (Phi) is 1.32. The van der Waals surface area contributed by atoms with Gasteiger partial charge in [-0.3, -0.25) is 4.98 Å². The molecule has 1 aromatic carbocycles. The van der Waals surface area contributed by atoms with Crippen LogP contribution in [0.2, 0.25) is 0 Å². The van der Waals surface area contributed by atoms with Crippen LogP contribution in [0, 0.1) is 13.0 Å². The molecule has 2 nitrogen and oxygen atoms in total. The molecule has 0 bridgehead atoms. The zero-order valence-corrected chi connectivity index (χ0v) is 6.20. The van der Waals surface area contributed by atoms with Crippen LogP contribution < -0.4 is 0 Å². The Hall–Kier alpha value is -1.44. The van der Waals surface area contributed by atoms with Crippen LogP contribution in [0.3, 0.4) is 0 Å². The van der Waals surface area contributed by atoms with E-state index in [2.05, 4.69) is 16.0 Å². The topological polar surface area (TPSA) is 25.8 Å².